The first kappa shape index (κ1) is 23.9. The van der Waals surface area contributed by atoms with Gasteiger partial charge in [0.2, 0.25) is 0 Å². The second-order valence-electron chi connectivity index (χ2n) is 9.08. The van der Waals surface area contributed by atoms with Gasteiger partial charge in [0, 0.05) is 12.7 Å². The van der Waals surface area contributed by atoms with Crippen molar-refractivity contribution in [3.05, 3.63) is 47.4 Å². The van der Waals surface area contributed by atoms with E-state index < -0.39 is 54.3 Å². The summed E-state index contributed by atoms with van der Waals surface area (Å²) in [6.45, 7) is 1.13. The molecule has 3 N–H and O–H groups in total. The van der Waals surface area contributed by atoms with Crippen LogP contribution < -0.4 is 0 Å². The molecule has 1 saturated heterocycles. The second kappa shape index (κ2) is 8.99. The summed E-state index contributed by atoms with van der Waals surface area (Å²) >= 11 is 0. The van der Waals surface area contributed by atoms with Gasteiger partial charge >= 0.3 is 0 Å². The van der Waals surface area contributed by atoms with E-state index in [2.05, 4.69) is 20.6 Å². The molecule has 5 rings (SSSR count). The van der Waals surface area contributed by atoms with Crippen LogP contribution in [-0.2, 0) is 21.6 Å². The molecule has 3 heterocycles. The molecule has 2 aliphatic rings. The van der Waals surface area contributed by atoms with E-state index in [1.165, 1.54) is 41.7 Å². The molecule has 0 radical (unpaired) electrons. The summed E-state index contributed by atoms with van der Waals surface area (Å²) in [6.07, 6.45) is 0.552. The summed E-state index contributed by atoms with van der Waals surface area (Å²) in [5.74, 6) is -2.01. The summed E-state index contributed by atoms with van der Waals surface area (Å²) in [4.78, 5) is 0. The maximum atomic E-state index is 14.5. The summed E-state index contributed by atoms with van der Waals surface area (Å²) in [5, 5.41) is 47.2. The second-order valence-corrected chi connectivity index (χ2v) is 9.08. The Balaban J connectivity index is 1.44. The molecule has 35 heavy (non-hydrogen) atoms. The van der Waals surface area contributed by atoms with Crippen molar-refractivity contribution in [3.63, 3.8) is 0 Å². The molecule has 11 nitrogen and oxygen atoms in total. The minimum absolute atomic E-state index is 0.0710. The fourth-order valence-electron chi connectivity index (χ4n) is 4.46. The average molecular weight is 492 g/mol. The first-order valence-electron chi connectivity index (χ1n) is 11.2. The lowest BCUT2D eigenvalue weighted by Gasteiger charge is -2.43. The molecular formula is C22H26F2N6O5. The smallest absolute Gasteiger partial charge is 0.168 e. The largest absolute Gasteiger partial charge is 0.394 e. The predicted molar refractivity (Wildman–Crippen MR) is 115 cm³/mol. The minimum Gasteiger partial charge on any atom is -0.394 e. The summed E-state index contributed by atoms with van der Waals surface area (Å²) < 4.78 is 43.0. The molecule has 0 spiro atoms. The van der Waals surface area contributed by atoms with Crippen LogP contribution in [0.5, 0.6) is 0 Å². The van der Waals surface area contributed by atoms with Gasteiger partial charge in [-0.2, -0.15) is 0 Å². The number of aryl methyl sites for hydroxylation is 1. The highest BCUT2D eigenvalue weighted by Gasteiger charge is 2.48. The first-order valence-corrected chi connectivity index (χ1v) is 11.2. The molecule has 3 aromatic rings. The summed E-state index contributed by atoms with van der Waals surface area (Å²) in [5.41, 5.74) is -0.313. The maximum absolute atomic E-state index is 14.5. The van der Waals surface area contributed by atoms with Crippen molar-refractivity contribution < 1.29 is 33.6 Å². The number of hydrogen-bond acceptors (Lipinski definition) is 9. The van der Waals surface area contributed by atoms with E-state index in [1.807, 2.05) is 0 Å². The number of halogens is 2. The number of aromatic nitrogens is 6. The summed E-state index contributed by atoms with van der Waals surface area (Å²) in [7, 11) is 1.44. The topological polar surface area (TPSA) is 141 Å². The Morgan fingerprint density at radius 3 is 2.60 bits per heavy atom. The Morgan fingerprint density at radius 1 is 1.14 bits per heavy atom. The molecule has 1 saturated carbocycles. The van der Waals surface area contributed by atoms with Crippen molar-refractivity contribution in [2.75, 3.05) is 13.7 Å². The van der Waals surface area contributed by atoms with Crippen LogP contribution in [-0.4, -0.2) is 83.4 Å². The molecule has 5 atom stereocenters. The molecule has 13 heteroatoms. The number of aliphatic hydroxyl groups is 3. The number of methoxy groups -OCH3 is 1. The normalized spacial score (nSPS) is 27.8. The van der Waals surface area contributed by atoms with Gasteiger partial charge in [-0.3, -0.25) is 0 Å². The Hall–Kier alpha value is -2.84. The van der Waals surface area contributed by atoms with Crippen LogP contribution in [0, 0.1) is 18.6 Å². The fraction of sp³-hybridized carbons (Fsp3) is 0.545. The van der Waals surface area contributed by atoms with Gasteiger partial charge in [-0.25, -0.2) is 18.1 Å². The third-order valence-electron chi connectivity index (χ3n) is 6.71. The monoisotopic (exact) mass is 492 g/mol. The van der Waals surface area contributed by atoms with Crippen LogP contribution in [0.3, 0.4) is 0 Å². The lowest BCUT2D eigenvalue weighted by molar-refractivity contribution is -0.216. The van der Waals surface area contributed by atoms with E-state index >= 15 is 0 Å². The third-order valence-corrected chi connectivity index (χ3v) is 6.71. The van der Waals surface area contributed by atoms with Gasteiger partial charge < -0.3 is 24.8 Å². The van der Waals surface area contributed by atoms with Crippen LogP contribution in [0.1, 0.15) is 30.1 Å². The van der Waals surface area contributed by atoms with Crippen molar-refractivity contribution in [2.45, 2.75) is 62.4 Å². The molecule has 0 unspecified atom stereocenters. The maximum Gasteiger partial charge on any atom is 0.168 e. The van der Waals surface area contributed by atoms with Gasteiger partial charge in [0.1, 0.15) is 47.4 Å². The SMILES string of the molecule is CO[C@@H]1[C@@H](n2cc(-c3ccc(C)c(F)c3F)nn2)[C@@H](O)[C@@H](CO)O[C@@H]1Cn1cc(C2(O)CC2)nn1. The van der Waals surface area contributed by atoms with Crippen LogP contribution in [0.25, 0.3) is 11.3 Å². The van der Waals surface area contributed by atoms with E-state index in [-0.39, 0.29) is 23.4 Å². The van der Waals surface area contributed by atoms with E-state index in [0.29, 0.717) is 18.5 Å². The standard InChI is InChI=1S/C22H26F2N6O5/c1-11-3-4-12(18(24)17(11)23)13-7-30(28-25-13)19-20(32)15(10-31)35-14(21(19)34-2)8-29-9-16(26-27-29)22(33)5-6-22/h3-4,7,9,14-15,19-21,31-33H,5-6,8,10H2,1-2H3/t14-,15-,19+,20+,21+/m1/s1. The van der Waals surface area contributed by atoms with E-state index in [0.717, 1.165) is 0 Å². The Kier molecular flexibility index (Phi) is 6.13. The molecule has 1 aliphatic heterocycles. The minimum atomic E-state index is -1.24. The highest BCUT2D eigenvalue weighted by atomic mass is 19.2. The Labute approximate surface area is 198 Å². The van der Waals surface area contributed by atoms with Crippen molar-refractivity contribution in [1.29, 1.82) is 0 Å². The van der Waals surface area contributed by atoms with Crippen molar-refractivity contribution in [1.82, 2.24) is 30.0 Å². The van der Waals surface area contributed by atoms with E-state index in [1.54, 1.807) is 6.20 Å². The molecule has 0 amide bonds. The highest BCUT2D eigenvalue weighted by Crippen LogP contribution is 2.44. The number of ether oxygens (including phenoxy) is 2. The number of aliphatic hydroxyl groups excluding tert-OH is 2. The third kappa shape index (κ3) is 4.23. The summed E-state index contributed by atoms with van der Waals surface area (Å²) in [6, 6.07) is 1.98. The molecular weight excluding hydrogens is 466 g/mol. The fourth-order valence-corrected chi connectivity index (χ4v) is 4.46. The molecule has 2 fully saturated rings. The first-order chi connectivity index (χ1) is 16.8. The molecule has 0 bridgehead atoms. The molecule has 1 aromatic carbocycles. The van der Waals surface area contributed by atoms with Gasteiger partial charge in [-0.15, -0.1) is 10.2 Å². The lowest BCUT2D eigenvalue weighted by Crippen LogP contribution is -2.57. The van der Waals surface area contributed by atoms with Gasteiger partial charge in [-0.1, -0.05) is 16.5 Å². The van der Waals surface area contributed by atoms with Crippen molar-refractivity contribution >= 4 is 0 Å². The number of benzene rings is 1. The van der Waals surface area contributed by atoms with Crippen LogP contribution in [0.15, 0.2) is 24.5 Å². The van der Waals surface area contributed by atoms with Crippen LogP contribution in [0.4, 0.5) is 8.78 Å². The van der Waals surface area contributed by atoms with Crippen LogP contribution in [0.2, 0.25) is 0 Å². The zero-order valence-electron chi connectivity index (χ0n) is 19.1. The van der Waals surface area contributed by atoms with E-state index in [9.17, 15) is 24.1 Å². The van der Waals surface area contributed by atoms with Gasteiger partial charge in [0.15, 0.2) is 11.6 Å². The Bertz CT molecular complexity index is 1210. The lowest BCUT2D eigenvalue weighted by atomic mass is 9.92. The van der Waals surface area contributed by atoms with Gasteiger partial charge in [0.25, 0.3) is 0 Å². The molecule has 1 aliphatic carbocycles. The number of rotatable bonds is 7. The van der Waals surface area contributed by atoms with Crippen LogP contribution >= 0.6 is 0 Å². The zero-order chi connectivity index (χ0) is 24.9. The number of nitrogens with zero attached hydrogens (tertiary/aromatic N) is 6. The van der Waals surface area contributed by atoms with Gasteiger partial charge in [0.05, 0.1) is 25.5 Å². The molecule has 188 valence electrons. The Morgan fingerprint density at radius 2 is 1.91 bits per heavy atom. The van der Waals surface area contributed by atoms with Crippen molar-refractivity contribution in [3.8, 4) is 11.3 Å². The van der Waals surface area contributed by atoms with Gasteiger partial charge in [-0.05, 0) is 31.4 Å². The van der Waals surface area contributed by atoms with E-state index in [4.69, 9.17) is 9.47 Å². The highest BCUT2D eigenvalue weighted by molar-refractivity contribution is 5.59. The average Bonchev–Trinajstić information content (AvgIpc) is 3.23. The predicted octanol–water partition coefficient (Wildman–Crippen LogP) is 0.482. The molecule has 2 aromatic heterocycles. The number of hydrogen-bond donors (Lipinski definition) is 3. The van der Waals surface area contributed by atoms with Crippen molar-refractivity contribution in [2.24, 2.45) is 0 Å². The quantitative estimate of drug-likeness (QED) is 0.430. The zero-order valence-corrected chi connectivity index (χ0v) is 19.1.